The SMILES string of the molecule is COCC1(C(=O)N2CCCN(C(C)=O)C(c3ccccc3)CC(=O)NCC2)CCC1. The summed E-state index contributed by atoms with van der Waals surface area (Å²) in [6.07, 6.45) is 3.62. The van der Waals surface area contributed by atoms with Crippen molar-refractivity contribution in [3.05, 3.63) is 35.9 Å². The molecule has 1 unspecified atom stereocenters. The Morgan fingerprint density at radius 1 is 1.13 bits per heavy atom. The molecule has 0 radical (unpaired) electrons. The molecule has 30 heavy (non-hydrogen) atoms. The van der Waals surface area contributed by atoms with Gasteiger partial charge in [0.15, 0.2) is 0 Å². The van der Waals surface area contributed by atoms with Crippen LogP contribution in [0.15, 0.2) is 30.3 Å². The summed E-state index contributed by atoms with van der Waals surface area (Å²) in [7, 11) is 1.63. The van der Waals surface area contributed by atoms with Crippen molar-refractivity contribution in [1.29, 1.82) is 0 Å². The van der Waals surface area contributed by atoms with Crippen LogP contribution in [-0.4, -0.2) is 67.4 Å². The number of hydrogen-bond donors (Lipinski definition) is 1. The number of hydrogen-bond acceptors (Lipinski definition) is 4. The molecule has 7 heteroatoms. The Kier molecular flexibility index (Phi) is 7.48. The topological polar surface area (TPSA) is 79.0 Å². The summed E-state index contributed by atoms with van der Waals surface area (Å²) in [5, 5.41) is 2.94. The summed E-state index contributed by atoms with van der Waals surface area (Å²) in [4.78, 5) is 42.0. The average molecular weight is 416 g/mol. The Bertz CT molecular complexity index is 748. The number of carbonyl (C=O) groups excluding carboxylic acids is 3. The van der Waals surface area contributed by atoms with Crippen LogP contribution >= 0.6 is 0 Å². The number of ether oxygens (including phenoxy) is 1. The van der Waals surface area contributed by atoms with E-state index in [1.807, 2.05) is 35.2 Å². The molecule has 2 fully saturated rings. The zero-order valence-corrected chi connectivity index (χ0v) is 18.1. The highest BCUT2D eigenvalue weighted by atomic mass is 16.5. The molecule has 1 aliphatic carbocycles. The van der Waals surface area contributed by atoms with E-state index in [1.54, 1.807) is 18.9 Å². The lowest BCUT2D eigenvalue weighted by atomic mass is 9.68. The maximum atomic E-state index is 13.3. The summed E-state index contributed by atoms with van der Waals surface area (Å²) < 4.78 is 5.34. The molecule has 1 atom stereocenters. The predicted octanol–water partition coefficient (Wildman–Crippen LogP) is 2.13. The molecule has 7 nitrogen and oxygen atoms in total. The molecule has 1 N–H and O–H groups in total. The standard InChI is InChI=1S/C23H33N3O4/c1-18(27)26-14-7-13-25(22(29)23(17-30-2)10-6-11-23)15-12-24-21(28)16-20(26)19-8-4-3-5-9-19/h3-5,8-9,20H,6-7,10-17H2,1-2H3,(H,24,28). The molecule has 1 aromatic rings. The van der Waals surface area contributed by atoms with Gasteiger partial charge in [0.1, 0.15) is 0 Å². The minimum absolute atomic E-state index is 0.0661. The zero-order valence-electron chi connectivity index (χ0n) is 18.1. The second-order valence-corrected chi connectivity index (χ2v) is 8.41. The van der Waals surface area contributed by atoms with Crippen molar-refractivity contribution in [3.8, 4) is 0 Å². The molecule has 2 aliphatic rings. The van der Waals surface area contributed by atoms with Crippen LogP contribution in [0.4, 0.5) is 0 Å². The van der Waals surface area contributed by atoms with Gasteiger partial charge < -0.3 is 19.9 Å². The van der Waals surface area contributed by atoms with Crippen LogP contribution in [0.2, 0.25) is 0 Å². The lowest BCUT2D eigenvalue weighted by Gasteiger charge is -2.43. The molecule has 3 amide bonds. The van der Waals surface area contributed by atoms with E-state index < -0.39 is 5.41 Å². The maximum Gasteiger partial charge on any atom is 0.231 e. The largest absolute Gasteiger partial charge is 0.384 e. The van der Waals surface area contributed by atoms with Crippen molar-refractivity contribution >= 4 is 17.7 Å². The molecule has 0 spiro atoms. The lowest BCUT2D eigenvalue weighted by Crippen LogP contribution is -2.52. The second-order valence-electron chi connectivity index (χ2n) is 8.41. The van der Waals surface area contributed by atoms with Crippen molar-refractivity contribution < 1.29 is 19.1 Å². The third kappa shape index (κ3) is 5.01. The van der Waals surface area contributed by atoms with Gasteiger partial charge in [0.25, 0.3) is 0 Å². The lowest BCUT2D eigenvalue weighted by molar-refractivity contribution is -0.152. The summed E-state index contributed by atoms with van der Waals surface area (Å²) in [5.74, 6) is -0.0682. The van der Waals surface area contributed by atoms with Crippen LogP contribution in [0.5, 0.6) is 0 Å². The van der Waals surface area contributed by atoms with Gasteiger partial charge in [-0.25, -0.2) is 0 Å². The Balaban J connectivity index is 1.78. The van der Waals surface area contributed by atoms with Crippen LogP contribution < -0.4 is 5.32 Å². The van der Waals surface area contributed by atoms with Gasteiger partial charge in [0.05, 0.1) is 24.5 Å². The second kappa shape index (κ2) is 10.1. The minimum atomic E-state index is -0.425. The van der Waals surface area contributed by atoms with E-state index in [-0.39, 0.29) is 30.2 Å². The van der Waals surface area contributed by atoms with Gasteiger partial charge in [-0.1, -0.05) is 36.8 Å². The highest BCUT2D eigenvalue weighted by Crippen LogP contribution is 2.42. The molecule has 0 aromatic heterocycles. The molecule has 1 saturated carbocycles. The molecule has 1 saturated heterocycles. The maximum absolute atomic E-state index is 13.3. The van der Waals surface area contributed by atoms with E-state index >= 15 is 0 Å². The molecule has 1 heterocycles. The van der Waals surface area contributed by atoms with E-state index in [2.05, 4.69) is 5.32 Å². The molecule has 3 rings (SSSR count). The van der Waals surface area contributed by atoms with Gasteiger partial charge in [-0.05, 0) is 24.8 Å². The normalized spacial score (nSPS) is 22.5. The van der Waals surface area contributed by atoms with Crippen molar-refractivity contribution in [3.63, 3.8) is 0 Å². The number of carbonyl (C=O) groups is 3. The number of rotatable bonds is 4. The first kappa shape index (κ1) is 22.3. The van der Waals surface area contributed by atoms with Crippen molar-refractivity contribution in [1.82, 2.24) is 15.1 Å². The summed E-state index contributed by atoms with van der Waals surface area (Å²) in [5.41, 5.74) is 0.523. The van der Waals surface area contributed by atoms with Crippen molar-refractivity contribution in [2.45, 2.75) is 45.1 Å². The number of nitrogens with one attached hydrogen (secondary N) is 1. The van der Waals surface area contributed by atoms with Crippen LogP contribution in [-0.2, 0) is 19.1 Å². The Morgan fingerprint density at radius 2 is 1.87 bits per heavy atom. The molecular formula is C23H33N3O4. The van der Waals surface area contributed by atoms with Gasteiger partial charge in [0, 0.05) is 40.2 Å². The van der Waals surface area contributed by atoms with Gasteiger partial charge in [0.2, 0.25) is 17.7 Å². The Morgan fingerprint density at radius 3 is 2.47 bits per heavy atom. The Hall–Kier alpha value is -2.41. The number of methoxy groups -OCH3 is 1. The van der Waals surface area contributed by atoms with Crippen molar-refractivity contribution in [2.24, 2.45) is 5.41 Å². The van der Waals surface area contributed by atoms with E-state index in [1.165, 1.54) is 0 Å². The number of nitrogens with zero attached hydrogens (tertiary/aromatic N) is 2. The minimum Gasteiger partial charge on any atom is -0.384 e. The highest BCUT2D eigenvalue weighted by Gasteiger charge is 2.46. The van der Waals surface area contributed by atoms with Gasteiger partial charge in [-0.15, -0.1) is 0 Å². The molecule has 1 aromatic carbocycles. The van der Waals surface area contributed by atoms with E-state index in [0.29, 0.717) is 39.2 Å². The summed E-state index contributed by atoms with van der Waals surface area (Å²) in [6, 6.07) is 9.36. The molecule has 164 valence electrons. The smallest absolute Gasteiger partial charge is 0.231 e. The van der Waals surface area contributed by atoms with E-state index in [9.17, 15) is 14.4 Å². The fraction of sp³-hybridized carbons (Fsp3) is 0.609. The van der Waals surface area contributed by atoms with Crippen molar-refractivity contribution in [2.75, 3.05) is 39.9 Å². The molecule has 0 bridgehead atoms. The van der Waals surface area contributed by atoms with Crippen LogP contribution in [0, 0.1) is 5.41 Å². The van der Waals surface area contributed by atoms with Crippen LogP contribution in [0.25, 0.3) is 0 Å². The van der Waals surface area contributed by atoms with Crippen LogP contribution in [0.1, 0.15) is 50.6 Å². The predicted molar refractivity (Wildman–Crippen MR) is 114 cm³/mol. The Labute approximate surface area is 178 Å². The summed E-state index contributed by atoms with van der Waals surface area (Å²) >= 11 is 0. The highest BCUT2D eigenvalue weighted by molar-refractivity contribution is 5.84. The fourth-order valence-electron chi connectivity index (χ4n) is 4.58. The monoisotopic (exact) mass is 415 g/mol. The van der Waals surface area contributed by atoms with Gasteiger partial charge in [-0.2, -0.15) is 0 Å². The van der Waals surface area contributed by atoms with E-state index in [0.717, 1.165) is 24.8 Å². The third-order valence-corrected chi connectivity index (χ3v) is 6.35. The van der Waals surface area contributed by atoms with Crippen LogP contribution in [0.3, 0.4) is 0 Å². The zero-order chi connectivity index (χ0) is 21.6. The first-order valence-electron chi connectivity index (χ1n) is 10.8. The summed E-state index contributed by atoms with van der Waals surface area (Å²) in [6.45, 7) is 3.93. The third-order valence-electron chi connectivity index (χ3n) is 6.35. The first-order chi connectivity index (χ1) is 14.5. The number of amides is 3. The number of benzene rings is 1. The average Bonchev–Trinajstić information content (AvgIpc) is 2.74. The molecular weight excluding hydrogens is 382 g/mol. The molecule has 1 aliphatic heterocycles. The first-order valence-corrected chi connectivity index (χ1v) is 10.8. The van der Waals surface area contributed by atoms with Gasteiger partial charge in [-0.3, -0.25) is 14.4 Å². The van der Waals surface area contributed by atoms with Gasteiger partial charge >= 0.3 is 0 Å². The quantitative estimate of drug-likeness (QED) is 0.817. The van der Waals surface area contributed by atoms with E-state index in [4.69, 9.17) is 4.74 Å². The fourth-order valence-corrected chi connectivity index (χ4v) is 4.58.